The summed E-state index contributed by atoms with van der Waals surface area (Å²) in [6.07, 6.45) is 2.18. The maximum atomic E-state index is 11.7. The molecule has 0 unspecified atom stereocenters. The Balaban J connectivity index is 1.61. The molecule has 0 atom stereocenters. The van der Waals surface area contributed by atoms with Crippen LogP contribution in [0.15, 0.2) is 24.3 Å². The Kier molecular flexibility index (Phi) is 5.51. The van der Waals surface area contributed by atoms with Gasteiger partial charge in [0.15, 0.2) is 0 Å². The molecule has 1 amide bonds. The number of nitrogens with one attached hydrogen (secondary N) is 1. The highest BCUT2D eigenvalue weighted by Crippen LogP contribution is 2.16. The summed E-state index contributed by atoms with van der Waals surface area (Å²) in [6, 6.07) is 5.93. The fourth-order valence-electron chi connectivity index (χ4n) is 2.18. The average Bonchev–Trinajstić information content (AvgIpc) is 3.01. The van der Waals surface area contributed by atoms with Gasteiger partial charge in [-0.25, -0.2) is 0 Å². The summed E-state index contributed by atoms with van der Waals surface area (Å²) < 4.78 is 5.44. The molecule has 1 aliphatic rings. The van der Waals surface area contributed by atoms with Crippen LogP contribution < -0.4 is 10.1 Å². The molecule has 1 heterocycles. The Bertz CT molecular complexity index is 483. The predicted molar refractivity (Wildman–Crippen MR) is 77.3 cm³/mol. The average molecular weight is 293 g/mol. The minimum absolute atomic E-state index is 0.0386. The van der Waals surface area contributed by atoms with Crippen LogP contribution in [0.5, 0.6) is 5.75 Å². The summed E-state index contributed by atoms with van der Waals surface area (Å²) in [5.41, 5.74) is 0.0386. The van der Waals surface area contributed by atoms with E-state index in [1.54, 1.807) is 12.1 Å². The number of nitro benzene ring substituents is 1. The number of rotatable bonds is 7. The van der Waals surface area contributed by atoms with Gasteiger partial charge in [0.05, 0.1) is 11.5 Å². The number of benzene rings is 1. The molecule has 21 heavy (non-hydrogen) atoms. The smallest absolute Gasteiger partial charge is 0.269 e. The van der Waals surface area contributed by atoms with Crippen molar-refractivity contribution in [3.63, 3.8) is 0 Å². The summed E-state index contributed by atoms with van der Waals surface area (Å²) in [4.78, 5) is 23.7. The molecular weight excluding hydrogens is 274 g/mol. The molecule has 0 spiro atoms. The minimum Gasteiger partial charge on any atom is -0.492 e. The fourth-order valence-corrected chi connectivity index (χ4v) is 2.18. The van der Waals surface area contributed by atoms with E-state index < -0.39 is 4.92 Å². The third-order valence-electron chi connectivity index (χ3n) is 3.33. The molecule has 1 N–H and O–H groups in total. The SMILES string of the molecule is O=C(CNCCOc1ccc([N+](=O)[O-])cc1)N1CCCC1. The van der Waals surface area contributed by atoms with Gasteiger partial charge in [0.2, 0.25) is 5.91 Å². The predicted octanol–water partition coefficient (Wildman–Crippen LogP) is 1.19. The van der Waals surface area contributed by atoms with Gasteiger partial charge in [0.25, 0.3) is 5.69 Å². The molecule has 0 aliphatic carbocycles. The summed E-state index contributed by atoms with van der Waals surface area (Å²) in [7, 11) is 0. The molecule has 0 bridgehead atoms. The molecular formula is C14H19N3O4. The van der Waals surface area contributed by atoms with Gasteiger partial charge in [-0.15, -0.1) is 0 Å². The molecule has 1 saturated heterocycles. The van der Waals surface area contributed by atoms with Crippen molar-refractivity contribution in [2.75, 3.05) is 32.8 Å². The van der Waals surface area contributed by atoms with Crippen LogP contribution >= 0.6 is 0 Å². The summed E-state index contributed by atoms with van der Waals surface area (Å²) in [5, 5.41) is 13.5. The third-order valence-corrected chi connectivity index (χ3v) is 3.33. The van der Waals surface area contributed by atoms with Crippen molar-refractivity contribution in [1.82, 2.24) is 10.2 Å². The second-order valence-electron chi connectivity index (χ2n) is 4.86. The van der Waals surface area contributed by atoms with Crippen LogP contribution in [0.4, 0.5) is 5.69 Å². The topological polar surface area (TPSA) is 84.7 Å². The van der Waals surface area contributed by atoms with E-state index >= 15 is 0 Å². The molecule has 0 saturated carbocycles. The summed E-state index contributed by atoms with van der Waals surface area (Å²) in [6.45, 7) is 3.00. The zero-order valence-electron chi connectivity index (χ0n) is 11.8. The van der Waals surface area contributed by atoms with E-state index in [1.165, 1.54) is 12.1 Å². The second-order valence-corrected chi connectivity index (χ2v) is 4.86. The number of hydrogen-bond acceptors (Lipinski definition) is 5. The van der Waals surface area contributed by atoms with Crippen molar-refractivity contribution in [2.24, 2.45) is 0 Å². The molecule has 2 rings (SSSR count). The number of non-ortho nitro benzene ring substituents is 1. The Morgan fingerprint density at radius 1 is 1.29 bits per heavy atom. The first kappa shape index (κ1) is 15.2. The van der Waals surface area contributed by atoms with Crippen LogP contribution in [-0.2, 0) is 4.79 Å². The van der Waals surface area contributed by atoms with E-state index in [-0.39, 0.29) is 11.6 Å². The lowest BCUT2D eigenvalue weighted by atomic mass is 10.3. The number of likely N-dealkylation sites (tertiary alicyclic amines) is 1. The second kappa shape index (κ2) is 7.58. The number of carbonyl (C=O) groups excluding carboxylic acids is 1. The van der Waals surface area contributed by atoms with Crippen molar-refractivity contribution in [3.8, 4) is 5.75 Å². The number of ether oxygens (including phenoxy) is 1. The number of hydrogen-bond donors (Lipinski definition) is 1. The van der Waals surface area contributed by atoms with Crippen molar-refractivity contribution < 1.29 is 14.5 Å². The van der Waals surface area contributed by atoms with E-state index in [4.69, 9.17) is 4.74 Å². The molecule has 1 fully saturated rings. The van der Waals surface area contributed by atoms with E-state index in [9.17, 15) is 14.9 Å². The maximum Gasteiger partial charge on any atom is 0.269 e. The van der Waals surface area contributed by atoms with Crippen molar-refractivity contribution in [2.45, 2.75) is 12.8 Å². The number of amides is 1. The van der Waals surface area contributed by atoms with E-state index in [0.29, 0.717) is 25.4 Å². The van der Waals surface area contributed by atoms with E-state index in [0.717, 1.165) is 25.9 Å². The Morgan fingerprint density at radius 2 is 1.95 bits per heavy atom. The maximum absolute atomic E-state index is 11.7. The monoisotopic (exact) mass is 293 g/mol. The van der Waals surface area contributed by atoms with Crippen molar-refractivity contribution in [3.05, 3.63) is 34.4 Å². The highest BCUT2D eigenvalue weighted by molar-refractivity contribution is 5.78. The normalized spacial score (nSPS) is 14.2. The molecule has 114 valence electrons. The van der Waals surface area contributed by atoms with Crippen LogP contribution in [0, 0.1) is 10.1 Å². The third kappa shape index (κ3) is 4.71. The van der Waals surface area contributed by atoms with Gasteiger partial charge in [0, 0.05) is 31.8 Å². The molecule has 1 aromatic carbocycles. The lowest BCUT2D eigenvalue weighted by Crippen LogP contribution is -2.37. The standard InChI is InChI=1S/C14H19N3O4/c18-14(16-8-1-2-9-16)11-15-7-10-21-13-5-3-12(4-6-13)17(19)20/h3-6,15H,1-2,7-11H2. The Hall–Kier alpha value is -2.15. The molecule has 7 nitrogen and oxygen atoms in total. The largest absolute Gasteiger partial charge is 0.492 e. The quantitative estimate of drug-likeness (QED) is 0.463. The van der Waals surface area contributed by atoms with E-state index in [2.05, 4.69) is 5.32 Å². The van der Waals surface area contributed by atoms with Gasteiger partial charge in [-0.05, 0) is 25.0 Å². The van der Waals surface area contributed by atoms with Crippen molar-refractivity contribution in [1.29, 1.82) is 0 Å². The van der Waals surface area contributed by atoms with Crippen LogP contribution in [0.2, 0.25) is 0 Å². The van der Waals surface area contributed by atoms with Gasteiger partial charge in [-0.1, -0.05) is 0 Å². The van der Waals surface area contributed by atoms with Crippen LogP contribution in [-0.4, -0.2) is 48.5 Å². The van der Waals surface area contributed by atoms with Crippen molar-refractivity contribution >= 4 is 11.6 Å². The highest BCUT2D eigenvalue weighted by Gasteiger charge is 2.16. The van der Waals surface area contributed by atoms with Gasteiger partial charge >= 0.3 is 0 Å². The van der Waals surface area contributed by atoms with Crippen LogP contribution in [0.1, 0.15) is 12.8 Å². The van der Waals surface area contributed by atoms with Gasteiger partial charge < -0.3 is 15.0 Å². The first-order valence-corrected chi connectivity index (χ1v) is 7.02. The number of carbonyl (C=O) groups is 1. The zero-order valence-corrected chi connectivity index (χ0v) is 11.8. The molecule has 0 aromatic heterocycles. The highest BCUT2D eigenvalue weighted by atomic mass is 16.6. The lowest BCUT2D eigenvalue weighted by molar-refractivity contribution is -0.384. The van der Waals surface area contributed by atoms with Gasteiger partial charge in [-0.2, -0.15) is 0 Å². The first-order valence-electron chi connectivity index (χ1n) is 7.02. The van der Waals surface area contributed by atoms with Gasteiger partial charge in [-0.3, -0.25) is 14.9 Å². The van der Waals surface area contributed by atoms with Gasteiger partial charge in [0.1, 0.15) is 12.4 Å². The minimum atomic E-state index is -0.449. The summed E-state index contributed by atoms with van der Waals surface area (Å²) in [5.74, 6) is 0.705. The summed E-state index contributed by atoms with van der Waals surface area (Å²) >= 11 is 0. The Labute approximate surface area is 123 Å². The molecule has 1 aliphatic heterocycles. The first-order chi connectivity index (χ1) is 10.2. The Morgan fingerprint density at radius 3 is 2.57 bits per heavy atom. The molecule has 1 aromatic rings. The van der Waals surface area contributed by atoms with Crippen LogP contribution in [0.25, 0.3) is 0 Å². The number of nitrogens with zero attached hydrogens (tertiary/aromatic N) is 2. The van der Waals surface area contributed by atoms with E-state index in [1.807, 2.05) is 4.90 Å². The zero-order chi connectivity index (χ0) is 15.1. The molecule has 0 radical (unpaired) electrons. The molecule has 7 heteroatoms. The van der Waals surface area contributed by atoms with Crippen LogP contribution in [0.3, 0.4) is 0 Å². The fraction of sp³-hybridized carbons (Fsp3) is 0.500. The lowest BCUT2D eigenvalue weighted by Gasteiger charge is -2.15. The number of nitro groups is 1.